The number of ether oxygens (including phenoxy) is 1. The summed E-state index contributed by atoms with van der Waals surface area (Å²) < 4.78 is 6.46. The fourth-order valence-corrected chi connectivity index (χ4v) is 3.09. The van der Waals surface area contributed by atoms with E-state index in [2.05, 4.69) is 37.2 Å². The summed E-state index contributed by atoms with van der Waals surface area (Å²) in [6, 6.07) is 7.85. The number of phenolic OH excluding ortho intramolecular Hbond substituents is 1. The molecule has 1 amide bonds. The third-order valence-electron chi connectivity index (χ3n) is 2.77. The third kappa shape index (κ3) is 3.48. The molecule has 0 radical (unpaired) electrons. The molecule has 0 saturated heterocycles. The van der Waals surface area contributed by atoms with Crippen LogP contribution in [0.3, 0.4) is 0 Å². The van der Waals surface area contributed by atoms with Crippen LogP contribution in [0.2, 0.25) is 0 Å². The van der Waals surface area contributed by atoms with Gasteiger partial charge in [-0.15, -0.1) is 0 Å². The smallest absolute Gasteiger partial charge is 0.259 e. The van der Waals surface area contributed by atoms with Gasteiger partial charge in [0.25, 0.3) is 5.91 Å². The van der Waals surface area contributed by atoms with E-state index in [-0.39, 0.29) is 11.3 Å². The number of carbonyl (C=O) groups excluding carboxylic acids is 1. The van der Waals surface area contributed by atoms with Crippen LogP contribution < -0.4 is 15.8 Å². The van der Waals surface area contributed by atoms with E-state index in [9.17, 15) is 9.90 Å². The van der Waals surface area contributed by atoms with Crippen molar-refractivity contribution in [1.29, 1.82) is 0 Å². The highest BCUT2D eigenvalue weighted by Crippen LogP contribution is 2.33. The summed E-state index contributed by atoms with van der Waals surface area (Å²) in [5.41, 5.74) is 6.81. The van der Waals surface area contributed by atoms with E-state index in [1.54, 1.807) is 18.2 Å². The van der Waals surface area contributed by atoms with Gasteiger partial charge in [-0.05, 0) is 46.3 Å². The van der Waals surface area contributed by atoms with Crippen molar-refractivity contribution in [2.75, 3.05) is 18.2 Å². The summed E-state index contributed by atoms with van der Waals surface area (Å²) in [4.78, 5) is 12.3. The first-order valence-electron chi connectivity index (χ1n) is 5.85. The van der Waals surface area contributed by atoms with Crippen LogP contribution in [0.15, 0.2) is 39.3 Å². The van der Waals surface area contributed by atoms with Gasteiger partial charge in [0, 0.05) is 8.95 Å². The molecule has 0 spiro atoms. The van der Waals surface area contributed by atoms with Gasteiger partial charge in [-0.25, -0.2) is 0 Å². The second-order valence-electron chi connectivity index (χ2n) is 4.19. The number of hydrogen-bond donors (Lipinski definition) is 3. The zero-order chi connectivity index (χ0) is 15.6. The lowest BCUT2D eigenvalue weighted by atomic mass is 10.1. The second kappa shape index (κ2) is 6.36. The maximum atomic E-state index is 12.3. The lowest BCUT2D eigenvalue weighted by Gasteiger charge is -2.12. The van der Waals surface area contributed by atoms with Crippen molar-refractivity contribution in [2.45, 2.75) is 0 Å². The number of nitrogen functional groups attached to an aromatic ring is 1. The van der Waals surface area contributed by atoms with E-state index in [4.69, 9.17) is 10.5 Å². The van der Waals surface area contributed by atoms with E-state index in [1.807, 2.05) is 0 Å². The predicted octanol–water partition coefficient (Wildman–Crippen LogP) is 3.76. The molecule has 0 heterocycles. The Kier molecular flexibility index (Phi) is 4.74. The zero-order valence-electron chi connectivity index (χ0n) is 11.0. The summed E-state index contributed by atoms with van der Waals surface area (Å²) in [5.74, 6) is -0.151. The van der Waals surface area contributed by atoms with Gasteiger partial charge in [-0.1, -0.05) is 15.9 Å². The number of anilines is 2. The average Bonchev–Trinajstić information content (AvgIpc) is 2.43. The SMILES string of the molecule is COc1ccc(O)c(C(=O)Nc2c(N)cc(Br)cc2Br)c1. The van der Waals surface area contributed by atoms with Crippen LogP contribution >= 0.6 is 31.9 Å². The molecule has 0 bridgehead atoms. The van der Waals surface area contributed by atoms with Crippen LogP contribution in [0.25, 0.3) is 0 Å². The molecule has 0 unspecified atom stereocenters. The van der Waals surface area contributed by atoms with Crippen molar-refractivity contribution in [3.8, 4) is 11.5 Å². The van der Waals surface area contributed by atoms with Crippen LogP contribution in [0, 0.1) is 0 Å². The number of nitrogens with two attached hydrogens (primary N) is 1. The minimum atomic E-state index is -0.485. The Hall–Kier alpha value is -1.73. The Bertz CT molecular complexity index is 682. The lowest BCUT2D eigenvalue weighted by Crippen LogP contribution is -2.14. The summed E-state index contributed by atoms with van der Waals surface area (Å²) in [5, 5.41) is 12.5. The third-order valence-corrected chi connectivity index (χ3v) is 3.86. The van der Waals surface area contributed by atoms with Gasteiger partial charge < -0.3 is 20.9 Å². The molecule has 0 aliphatic carbocycles. The summed E-state index contributed by atoms with van der Waals surface area (Å²) in [6.45, 7) is 0. The maximum absolute atomic E-state index is 12.3. The Labute approximate surface area is 138 Å². The minimum Gasteiger partial charge on any atom is -0.507 e. The van der Waals surface area contributed by atoms with Crippen LogP contribution in [0.4, 0.5) is 11.4 Å². The van der Waals surface area contributed by atoms with Crippen LogP contribution in [0.5, 0.6) is 11.5 Å². The highest BCUT2D eigenvalue weighted by atomic mass is 79.9. The number of phenols is 1. The van der Waals surface area contributed by atoms with Gasteiger partial charge in [0.05, 0.1) is 24.0 Å². The van der Waals surface area contributed by atoms with Gasteiger partial charge in [0.1, 0.15) is 11.5 Å². The number of halogens is 2. The molecular formula is C14H12Br2N2O3. The van der Waals surface area contributed by atoms with Crippen LogP contribution in [-0.2, 0) is 0 Å². The lowest BCUT2D eigenvalue weighted by molar-refractivity contribution is 0.102. The highest BCUT2D eigenvalue weighted by molar-refractivity contribution is 9.11. The Morgan fingerprint density at radius 3 is 2.62 bits per heavy atom. The van der Waals surface area contributed by atoms with Crippen molar-refractivity contribution in [3.63, 3.8) is 0 Å². The summed E-state index contributed by atoms with van der Waals surface area (Å²) >= 11 is 6.64. The zero-order valence-corrected chi connectivity index (χ0v) is 14.2. The fourth-order valence-electron chi connectivity index (χ4n) is 1.73. The number of carbonyl (C=O) groups is 1. The monoisotopic (exact) mass is 414 g/mol. The Morgan fingerprint density at radius 2 is 2.00 bits per heavy atom. The largest absolute Gasteiger partial charge is 0.507 e. The number of nitrogens with one attached hydrogen (secondary N) is 1. The fraction of sp³-hybridized carbons (Fsp3) is 0.0714. The maximum Gasteiger partial charge on any atom is 0.259 e. The molecule has 110 valence electrons. The molecule has 2 rings (SSSR count). The first-order valence-corrected chi connectivity index (χ1v) is 7.44. The number of hydrogen-bond acceptors (Lipinski definition) is 4. The molecular weight excluding hydrogens is 404 g/mol. The number of methoxy groups -OCH3 is 1. The van der Waals surface area contributed by atoms with Crippen molar-refractivity contribution in [1.82, 2.24) is 0 Å². The molecule has 0 fully saturated rings. The van der Waals surface area contributed by atoms with E-state index < -0.39 is 5.91 Å². The molecule has 5 nitrogen and oxygen atoms in total. The number of rotatable bonds is 3. The summed E-state index contributed by atoms with van der Waals surface area (Å²) in [6.07, 6.45) is 0. The quantitative estimate of drug-likeness (QED) is 0.666. The van der Waals surface area contributed by atoms with E-state index in [0.29, 0.717) is 21.6 Å². The Morgan fingerprint density at radius 1 is 1.29 bits per heavy atom. The molecule has 0 atom stereocenters. The summed E-state index contributed by atoms with van der Waals surface area (Å²) in [7, 11) is 1.48. The minimum absolute atomic E-state index is 0.101. The molecule has 0 aliphatic rings. The first kappa shape index (κ1) is 15.7. The average molecular weight is 416 g/mol. The van der Waals surface area contributed by atoms with Crippen molar-refractivity contribution >= 4 is 49.1 Å². The van der Waals surface area contributed by atoms with E-state index in [1.165, 1.54) is 19.2 Å². The topological polar surface area (TPSA) is 84.6 Å². The van der Waals surface area contributed by atoms with Gasteiger partial charge in [-0.2, -0.15) is 0 Å². The van der Waals surface area contributed by atoms with Crippen molar-refractivity contribution < 1.29 is 14.6 Å². The number of aromatic hydroxyl groups is 1. The molecule has 2 aromatic rings. The van der Waals surface area contributed by atoms with Gasteiger partial charge in [-0.3, -0.25) is 4.79 Å². The van der Waals surface area contributed by atoms with Crippen LogP contribution in [0.1, 0.15) is 10.4 Å². The predicted molar refractivity (Wildman–Crippen MR) is 88.9 cm³/mol. The second-order valence-corrected chi connectivity index (χ2v) is 5.96. The normalized spacial score (nSPS) is 10.2. The van der Waals surface area contributed by atoms with E-state index >= 15 is 0 Å². The van der Waals surface area contributed by atoms with Gasteiger partial charge in [0.15, 0.2) is 0 Å². The first-order chi connectivity index (χ1) is 9.92. The molecule has 21 heavy (non-hydrogen) atoms. The van der Waals surface area contributed by atoms with Crippen LogP contribution in [-0.4, -0.2) is 18.1 Å². The Balaban J connectivity index is 2.35. The number of amides is 1. The van der Waals surface area contributed by atoms with E-state index in [0.717, 1.165) is 4.47 Å². The standard InChI is InChI=1S/C14H12Br2N2O3/c1-21-8-2-3-12(19)9(6-8)14(20)18-13-10(16)4-7(15)5-11(13)17/h2-6,19H,17H2,1H3,(H,18,20). The molecule has 0 saturated carbocycles. The molecule has 0 aliphatic heterocycles. The van der Waals surface area contributed by atoms with Crippen molar-refractivity contribution in [2.24, 2.45) is 0 Å². The molecule has 4 N–H and O–H groups in total. The van der Waals surface area contributed by atoms with Crippen molar-refractivity contribution in [3.05, 3.63) is 44.8 Å². The molecule has 0 aromatic heterocycles. The number of benzene rings is 2. The van der Waals surface area contributed by atoms with Gasteiger partial charge >= 0.3 is 0 Å². The highest BCUT2D eigenvalue weighted by Gasteiger charge is 2.16. The molecule has 2 aromatic carbocycles. The van der Waals surface area contributed by atoms with Gasteiger partial charge in [0.2, 0.25) is 0 Å². The molecule has 7 heteroatoms.